The average Bonchev–Trinajstić information content (AvgIpc) is 2.26. The lowest BCUT2D eigenvalue weighted by atomic mass is 9.96. The quantitative estimate of drug-likeness (QED) is 0.778. The molecule has 1 aromatic carbocycles. The van der Waals surface area contributed by atoms with Gasteiger partial charge in [-0.2, -0.15) is 0 Å². The van der Waals surface area contributed by atoms with E-state index in [1.165, 1.54) is 22.8 Å². The molecule has 0 unspecified atom stereocenters. The Balaban J connectivity index is 2.22. The molecular formula is C15H18N2. The Morgan fingerprint density at radius 3 is 2.59 bits per heavy atom. The van der Waals surface area contributed by atoms with Gasteiger partial charge in [0.15, 0.2) is 0 Å². The van der Waals surface area contributed by atoms with Crippen molar-refractivity contribution in [3.05, 3.63) is 36.0 Å². The van der Waals surface area contributed by atoms with Gasteiger partial charge in [-0.25, -0.2) is 4.98 Å². The van der Waals surface area contributed by atoms with Gasteiger partial charge < -0.3 is 4.90 Å². The number of rotatable bonds is 2. The van der Waals surface area contributed by atoms with Crippen molar-refractivity contribution in [2.45, 2.75) is 26.2 Å². The summed E-state index contributed by atoms with van der Waals surface area (Å²) in [6.07, 6.45) is 3.24. The summed E-state index contributed by atoms with van der Waals surface area (Å²) in [5, 5.41) is 2.66. The van der Waals surface area contributed by atoms with Crippen LogP contribution in [0.2, 0.25) is 0 Å². The van der Waals surface area contributed by atoms with E-state index >= 15 is 0 Å². The van der Waals surface area contributed by atoms with E-state index in [1.54, 1.807) is 0 Å². The second-order valence-corrected chi connectivity index (χ2v) is 5.07. The van der Waals surface area contributed by atoms with E-state index < -0.39 is 0 Å². The normalized spacial score (nSPS) is 15.4. The van der Waals surface area contributed by atoms with Gasteiger partial charge in [0.25, 0.3) is 0 Å². The monoisotopic (exact) mass is 226 g/mol. The predicted octanol–water partition coefficient (Wildman–Crippen LogP) is 3.57. The van der Waals surface area contributed by atoms with Gasteiger partial charge in [0.1, 0.15) is 5.82 Å². The number of aromatic nitrogens is 1. The van der Waals surface area contributed by atoms with E-state index in [4.69, 9.17) is 0 Å². The summed E-state index contributed by atoms with van der Waals surface area (Å²) in [4.78, 5) is 6.92. The van der Waals surface area contributed by atoms with Gasteiger partial charge in [-0.15, -0.1) is 0 Å². The molecule has 1 saturated heterocycles. The zero-order valence-corrected chi connectivity index (χ0v) is 10.5. The maximum atomic E-state index is 4.56. The highest BCUT2D eigenvalue weighted by atomic mass is 15.2. The zero-order valence-electron chi connectivity index (χ0n) is 10.5. The van der Waals surface area contributed by atoms with Crippen LogP contribution in [0.1, 0.15) is 31.7 Å². The summed E-state index contributed by atoms with van der Waals surface area (Å²) < 4.78 is 0. The molecule has 2 heteroatoms. The third kappa shape index (κ3) is 1.68. The largest absolute Gasteiger partial charge is 0.356 e. The highest BCUT2D eigenvalue weighted by molar-refractivity contribution is 5.94. The first-order valence-corrected chi connectivity index (χ1v) is 6.40. The number of benzene rings is 1. The minimum Gasteiger partial charge on any atom is -0.356 e. The molecule has 0 amide bonds. The molecule has 0 bridgehead atoms. The maximum absolute atomic E-state index is 4.56. The van der Waals surface area contributed by atoms with Crippen molar-refractivity contribution in [3.8, 4) is 0 Å². The third-order valence-electron chi connectivity index (χ3n) is 3.60. The standard InChI is InChI=1S/C15H18N2/c1-11(2)12-5-3-6-14-13(12)7-8-16-15(14)17-9-4-10-17/h3,5-8,11H,4,9-10H2,1-2H3. The summed E-state index contributed by atoms with van der Waals surface area (Å²) in [6, 6.07) is 8.73. The van der Waals surface area contributed by atoms with E-state index in [1.807, 2.05) is 6.20 Å². The van der Waals surface area contributed by atoms with Crippen molar-refractivity contribution in [2.75, 3.05) is 18.0 Å². The third-order valence-corrected chi connectivity index (χ3v) is 3.60. The Kier molecular flexibility index (Phi) is 2.50. The minimum absolute atomic E-state index is 0.561. The number of hydrogen-bond donors (Lipinski definition) is 0. The molecular weight excluding hydrogens is 208 g/mol. The first-order valence-electron chi connectivity index (χ1n) is 6.40. The van der Waals surface area contributed by atoms with Gasteiger partial charge in [-0.05, 0) is 29.4 Å². The lowest BCUT2D eigenvalue weighted by molar-refractivity contribution is 0.612. The van der Waals surface area contributed by atoms with Crippen molar-refractivity contribution in [1.82, 2.24) is 4.98 Å². The number of fused-ring (bicyclic) bond motifs is 1. The number of anilines is 1. The van der Waals surface area contributed by atoms with Crippen LogP contribution in [-0.4, -0.2) is 18.1 Å². The van der Waals surface area contributed by atoms with E-state index in [0.717, 1.165) is 18.9 Å². The highest BCUT2D eigenvalue weighted by Gasteiger charge is 2.18. The van der Waals surface area contributed by atoms with E-state index in [9.17, 15) is 0 Å². The van der Waals surface area contributed by atoms with Crippen molar-refractivity contribution >= 4 is 16.6 Å². The fourth-order valence-electron chi connectivity index (χ4n) is 2.50. The van der Waals surface area contributed by atoms with E-state index in [0.29, 0.717) is 5.92 Å². The molecule has 0 saturated carbocycles. The van der Waals surface area contributed by atoms with Crippen LogP contribution in [-0.2, 0) is 0 Å². The highest BCUT2D eigenvalue weighted by Crippen LogP contribution is 2.31. The number of hydrogen-bond acceptors (Lipinski definition) is 2. The van der Waals surface area contributed by atoms with Crippen LogP contribution in [0.3, 0.4) is 0 Å². The lowest BCUT2D eigenvalue weighted by Gasteiger charge is -2.33. The second-order valence-electron chi connectivity index (χ2n) is 5.07. The van der Waals surface area contributed by atoms with Crippen molar-refractivity contribution in [3.63, 3.8) is 0 Å². The van der Waals surface area contributed by atoms with Crippen LogP contribution < -0.4 is 4.90 Å². The molecule has 1 fully saturated rings. The Morgan fingerprint density at radius 2 is 1.94 bits per heavy atom. The van der Waals surface area contributed by atoms with Crippen LogP contribution in [0.5, 0.6) is 0 Å². The first kappa shape index (κ1) is 10.6. The topological polar surface area (TPSA) is 16.1 Å². The van der Waals surface area contributed by atoms with Gasteiger partial charge in [0.2, 0.25) is 0 Å². The van der Waals surface area contributed by atoms with E-state index in [2.05, 4.69) is 48.0 Å². The predicted molar refractivity (Wildman–Crippen MR) is 72.7 cm³/mol. The molecule has 3 rings (SSSR count). The fourth-order valence-corrected chi connectivity index (χ4v) is 2.50. The minimum atomic E-state index is 0.561. The molecule has 0 N–H and O–H groups in total. The average molecular weight is 226 g/mol. The summed E-state index contributed by atoms with van der Waals surface area (Å²) in [6.45, 7) is 6.80. The number of pyridine rings is 1. The second kappa shape index (κ2) is 4.02. The summed E-state index contributed by atoms with van der Waals surface area (Å²) >= 11 is 0. The van der Waals surface area contributed by atoms with Gasteiger partial charge in [-0.3, -0.25) is 0 Å². The summed E-state index contributed by atoms with van der Waals surface area (Å²) in [5.41, 5.74) is 1.42. The summed E-state index contributed by atoms with van der Waals surface area (Å²) in [7, 11) is 0. The lowest BCUT2D eigenvalue weighted by Crippen LogP contribution is -2.37. The van der Waals surface area contributed by atoms with Crippen LogP contribution in [0, 0.1) is 0 Å². The van der Waals surface area contributed by atoms with Crippen molar-refractivity contribution in [2.24, 2.45) is 0 Å². The van der Waals surface area contributed by atoms with Crippen molar-refractivity contribution in [1.29, 1.82) is 0 Å². The first-order chi connectivity index (χ1) is 8.27. The molecule has 0 radical (unpaired) electrons. The van der Waals surface area contributed by atoms with Crippen LogP contribution >= 0.6 is 0 Å². The molecule has 0 atom stereocenters. The Morgan fingerprint density at radius 1 is 1.12 bits per heavy atom. The molecule has 0 spiro atoms. The molecule has 2 aromatic rings. The smallest absolute Gasteiger partial charge is 0.136 e. The van der Waals surface area contributed by atoms with Gasteiger partial charge in [0, 0.05) is 24.7 Å². The zero-order chi connectivity index (χ0) is 11.8. The molecule has 1 aliphatic heterocycles. The molecule has 88 valence electrons. The molecule has 0 aliphatic carbocycles. The van der Waals surface area contributed by atoms with Crippen LogP contribution in [0.15, 0.2) is 30.5 Å². The fraction of sp³-hybridized carbons (Fsp3) is 0.400. The number of nitrogens with zero attached hydrogens (tertiary/aromatic N) is 2. The maximum Gasteiger partial charge on any atom is 0.136 e. The molecule has 1 aliphatic rings. The van der Waals surface area contributed by atoms with Gasteiger partial charge in [-0.1, -0.05) is 32.0 Å². The molecule has 2 heterocycles. The SMILES string of the molecule is CC(C)c1cccc2c(N3CCC3)nccc12. The Hall–Kier alpha value is -1.57. The van der Waals surface area contributed by atoms with Crippen LogP contribution in [0.25, 0.3) is 10.8 Å². The van der Waals surface area contributed by atoms with E-state index in [-0.39, 0.29) is 0 Å². The molecule has 17 heavy (non-hydrogen) atoms. The Labute approximate surface area is 102 Å². The van der Waals surface area contributed by atoms with Gasteiger partial charge >= 0.3 is 0 Å². The van der Waals surface area contributed by atoms with Crippen LogP contribution in [0.4, 0.5) is 5.82 Å². The van der Waals surface area contributed by atoms with Crippen molar-refractivity contribution < 1.29 is 0 Å². The molecule has 1 aromatic heterocycles. The Bertz CT molecular complexity index is 542. The molecule has 2 nitrogen and oxygen atoms in total. The van der Waals surface area contributed by atoms with Gasteiger partial charge in [0.05, 0.1) is 0 Å². The summed E-state index contributed by atoms with van der Waals surface area (Å²) in [5.74, 6) is 1.72.